The molecule has 0 atom stereocenters. The van der Waals surface area contributed by atoms with Crippen LogP contribution >= 0.6 is 15.9 Å². The lowest BCUT2D eigenvalue weighted by Crippen LogP contribution is -1.90. The normalized spacial score (nSPS) is 20.6. The molecule has 1 rings (SSSR count). The minimum atomic E-state index is -4.15. The zero-order valence-electron chi connectivity index (χ0n) is 11.1. The number of alkyl halides is 2. The first-order chi connectivity index (χ1) is 7.46. The molecule has 0 aromatic carbocycles. The third kappa shape index (κ3) is 1.96. The Morgan fingerprint density at radius 3 is 3.18 bits per heavy atom. The highest BCUT2D eigenvalue weighted by Gasteiger charge is 2.08. The predicted octanol–water partition coefficient (Wildman–Crippen LogP) is 3.09. The van der Waals surface area contributed by atoms with Crippen LogP contribution in [0.15, 0.2) is 16.7 Å². The molecule has 0 aliphatic rings. The summed E-state index contributed by atoms with van der Waals surface area (Å²) in [5.74, 6) is 0. The molecule has 4 heteroatoms. The molecule has 0 amide bonds. The summed E-state index contributed by atoms with van der Waals surface area (Å²) in [5.41, 5.74) is -1.86. The zero-order chi connectivity index (χ0) is 13.6. The topological polar surface area (TPSA) is 12.9 Å². The van der Waals surface area contributed by atoms with Gasteiger partial charge >= 0.3 is 0 Å². The van der Waals surface area contributed by atoms with Gasteiger partial charge in [0.15, 0.2) is 0 Å². The number of hydrogen-bond donors (Lipinski definition) is 0. The second kappa shape index (κ2) is 3.26. The summed E-state index contributed by atoms with van der Waals surface area (Å²) < 4.78 is 67.4. The molecule has 0 aliphatic heterocycles. The van der Waals surface area contributed by atoms with Crippen LogP contribution in [0.25, 0.3) is 0 Å². The summed E-state index contributed by atoms with van der Waals surface area (Å²) in [6.45, 7) is -2.74. The monoisotopic (exact) mass is 227 g/mol. The molecule has 0 bridgehead atoms. The van der Waals surface area contributed by atoms with Gasteiger partial charge in [-0.3, -0.25) is 4.98 Å². The van der Waals surface area contributed by atoms with Gasteiger partial charge in [-0.25, -0.2) is 8.78 Å². The highest BCUT2D eigenvalue weighted by Crippen LogP contribution is 2.21. The van der Waals surface area contributed by atoms with E-state index in [1.165, 1.54) is 0 Å². The summed E-state index contributed by atoms with van der Waals surface area (Å²) in [6, 6.07) is -0.896. The number of pyridine rings is 1. The highest BCUT2D eigenvalue weighted by atomic mass is 79.9. The van der Waals surface area contributed by atoms with Crippen LogP contribution in [0.2, 0.25) is 0 Å². The van der Waals surface area contributed by atoms with E-state index in [1.807, 2.05) is 0 Å². The Bertz CT molecular complexity index is 455. The maximum Gasteiger partial charge on any atom is 0.280 e. The van der Waals surface area contributed by atoms with Gasteiger partial charge < -0.3 is 0 Å². The highest BCUT2D eigenvalue weighted by molar-refractivity contribution is 9.10. The van der Waals surface area contributed by atoms with Gasteiger partial charge in [0.1, 0.15) is 7.06 Å². The Kier molecular flexibility index (Phi) is 1.03. The molecule has 1 aromatic rings. The lowest BCUT2D eigenvalue weighted by Gasteiger charge is -2.00. The van der Waals surface area contributed by atoms with Crippen LogP contribution < -0.4 is 0 Å². The Morgan fingerprint density at radius 1 is 1.91 bits per heavy atom. The van der Waals surface area contributed by atoms with Crippen molar-refractivity contribution < 1.29 is 17.0 Å². The second-order valence-electron chi connectivity index (χ2n) is 1.65. The van der Waals surface area contributed by atoms with Gasteiger partial charge in [-0.2, -0.15) is 0 Å². The van der Waals surface area contributed by atoms with E-state index in [1.54, 1.807) is 0 Å². The molecule has 0 N–H and O–H groups in total. The molecule has 60 valence electrons. The molecular weight excluding hydrogens is 216 g/mol. The summed E-state index contributed by atoms with van der Waals surface area (Å²) in [5, 5.41) is 0. The molecule has 0 spiro atoms. The Morgan fingerprint density at radius 2 is 2.64 bits per heavy atom. The zero-order valence-corrected chi connectivity index (χ0v) is 6.67. The van der Waals surface area contributed by atoms with Gasteiger partial charge in [-0.1, -0.05) is 15.9 Å². The van der Waals surface area contributed by atoms with E-state index in [0.717, 1.165) is 0 Å². The standard InChI is InChI=1S/C7H6BrF2N/c1-4-3-11-6(7(9)10)2-5(4)8/h2-3,7H,1H3/i1D3,2D,3D,7D. The second-order valence-corrected chi connectivity index (χ2v) is 2.44. The summed E-state index contributed by atoms with van der Waals surface area (Å²) >= 11 is 2.69. The average Bonchev–Trinajstić information content (AvgIpc) is 2.07. The number of hydrogen-bond acceptors (Lipinski definition) is 1. The Labute approximate surface area is 80.0 Å². The molecule has 1 nitrogen and oxygen atoms in total. The number of rotatable bonds is 1. The first kappa shape index (κ1) is 3.47. The number of halogens is 3. The largest absolute Gasteiger partial charge is 0.280 e. The fourth-order valence-corrected chi connectivity index (χ4v) is 0.721. The van der Waals surface area contributed by atoms with Crippen LogP contribution in [0.3, 0.4) is 0 Å². The molecule has 0 saturated carbocycles. The van der Waals surface area contributed by atoms with Crippen molar-refractivity contribution in [2.75, 3.05) is 0 Å². The third-order valence-corrected chi connectivity index (χ3v) is 1.50. The van der Waals surface area contributed by atoms with Crippen LogP contribution in [0.5, 0.6) is 0 Å². The van der Waals surface area contributed by atoms with Crippen LogP contribution in [-0.2, 0) is 0 Å². The quantitative estimate of drug-likeness (QED) is 0.719. The SMILES string of the molecule is [2H]c1nc(C([2H])(F)F)c([2H])c(Br)c1C([2H])([2H])[2H]. The number of nitrogens with zero attached hydrogens (tertiary/aromatic N) is 1. The fraction of sp³-hybridized carbons (Fsp3) is 0.286. The molecule has 0 fully saturated rings. The minimum Gasteiger partial charge on any atom is -0.255 e. The summed E-state index contributed by atoms with van der Waals surface area (Å²) in [6.07, 6.45) is -5.04. The maximum absolute atomic E-state index is 12.7. The van der Waals surface area contributed by atoms with Crippen molar-refractivity contribution in [1.82, 2.24) is 4.98 Å². The summed E-state index contributed by atoms with van der Waals surface area (Å²) in [4.78, 5) is 3.02. The smallest absolute Gasteiger partial charge is 0.255 e. The van der Waals surface area contributed by atoms with Gasteiger partial charge in [-0.05, 0) is 18.5 Å². The predicted molar refractivity (Wildman–Crippen MR) is 41.6 cm³/mol. The molecule has 0 unspecified atom stereocenters. The van der Waals surface area contributed by atoms with Crippen LogP contribution in [0, 0.1) is 6.85 Å². The van der Waals surface area contributed by atoms with Crippen molar-refractivity contribution in [3.63, 3.8) is 0 Å². The van der Waals surface area contributed by atoms with Gasteiger partial charge in [0.2, 0.25) is 0 Å². The van der Waals surface area contributed by atoms with Crippen LogP contribution in [0.1, 0.15) is 25.9 Å². The van der Waals surface area contributed by atoms with Crippen molar-refractivity contribution in [2.24, 2.45) is 0 Å². The maximum atomic E-state index is 12.7. The van der Waals surface area contributed by atoms with Crippen molar-refractivity contribution in [3.8, 4) is 0 Å². The lowest BCUT2D eigenvalue weighted by atomic mass is 10.3. The molecule has 0 aliphatic carbocycles. The van der Waals surface area contributed by atoms with Crippen molar-refractivity contribution >= 4 is 15.9 Å². The van der Waals surface area contributed by atoms with E-state index >= 15 is 0 Å². The Hall–Kier alpha value is -0.510. The van der Waals surface area contributed by atoms with Crippen LogP contribution in [-0.4, -0.2) is 4.98 Å². The molecule has 11 heavy (non-hydrogen) atoms. The average molecular weight is 228 g/mol. The van der Waals surface area contributed by atoms with Gasteiger partial charge in [0.25, 0.3) is 6.40 Å². The first-order valence-electron chi connectivity index (χ1n) is 5.51. The third-order valence-electron chi connectivity index (χ3n) is 0.906. The van der Waals surface area contributed by atoms with Crippen molar-refractivity contribution in [3.05, 3.63) is 27.9 Å². The van der Waals surface area contributed by atoms with Gasteiger partial charge in [0.05, 0.1) is 2.74 Å². The number of aromatic nitrogens is 1. The van der Waals surface area contributed by atoms with Crippen molar-refractivity contribution in [2.45, 2.75) is 13.3 Å². The van der Waals surface area contributed by atoms with E-state index in [-0.39, 0.29) is 0 Å². The lowest BCUT2D eigenvalue weighted by molar-refractivity contribution is 0.146. The fourth-order valence-electron chi connectivity index (χ4n) is 0.445. The van der Waals surface area contributed by atoms with E-state index in [4.69, 9.17) is 8.22 Å². The van der Waals surface area contributed by atoms with Crippen LogP contribution in [0.4, 0.5) is 8.78 Å². The van der Waals surface area contributed by atoms with Gasteiger partial charge in [0, 0.05) is 14.8 Å². The van der Waals surface area contributed by atoms with E-state index in [9.17, 15) is 8.78 Å². The molecular formula is C7H6BrF2N. The van der Waals surface area contributed by atoms with E-state index in [0.29, 0.717) is 0 Å². The minimum absolute atomic E-state index is 0.459. The van der Waals surface area contributed by atoms with E-state index < -0.39 is 41.2 Å². The van der Waals surface area contributed by atoms with Crippen molar-refractivity contribution in [1.29, 1.82) is 0 Å². The molecule has 1 heterocycles. The summed E-state index contributed by atoms with van der Waals surface area (Å²) in [7, 11) is 0. The van der Waals surface area contributed by atoms with Gasteiger partial charge in [-0.15, -0.1) is 0 Å². The molecule has 1 aromatic heterocycles. The molecule has 0 saturated heterocycles. The first-order valence-corrected chi connectivity index (χ1v) is 3.31. The molecule has 0 radical (unpaired) electrons. The Balaban J connectivity index is 3.60. The van der Waals surface area contributed by atoms with E-state index in [2.05, 4.69) is 20.9 Å².